The van der Waals surface area contributed by atoms with E-state index in [9.17, 15) is 0 Å². The highest BCUT2D eigenvalue weighted by atomic mass is 16.3. The van der Waals surface area contributed by atoms with E-state index < -0.39 is 0 Å². The molecule has 0 spiro atoms. The number of nitrogens with one attached hydrogen (secondary N) is 1. The lowest BCUT2D eigenvalue weighted by molar-refractivity contribution is 0.268. The number of hydrogen-bond acceptors (Lipinski definition) is 5. The zero-order valence-corrected chi connectivity index (χ0v) is 10.5. The summed E-state index contributed by atoms with van der Waals surface area (Å²) in [6.45, 7) is 4.92. The molecule has 18 heavy (non-hydrogen) atoms. The van der Waals surface area contributed by atoms with Crippen LogP contribution in [0.15, 0.2) is 18.6 Å². The third-order valence-electron chi connectivity index (χ3n) is 2.50. The zero-order valence-electron chi connectivity index (χ0n) is 10.5. The molecule has 7 heteroatoms. The third kappa shape index (κ3) is 3.64. The van der Waals surface area contributed by atoms with Crippen molar-refractivity contribution in [1.29, 1.82) is 0 Å². The Morgan fingerprint density at radius 2 is 2.17 bits per heavy atom. The maximum Gasteiger partial charge on any atom is 0.0964 e. The molecule has 0 radical (unpaired) electrons. The van der Waals surface area contributed by atoms with Crippen LogP contribution in [0.5, 0.6) is 0 Å². The molecule has 2 aromatic heterocycles. The van der Waals surface area contributed by atoms with Crippen LogP contribution in [0.4, 0.5) is 0 Å². The van der Waals surface area contributed by atoms with Gasteiger partial charge in [-0.05, 0) is 12.5 Å². The fourth-order valence-corrected chi connectivity index (χ4v) is 1.63. The molecule has 0 aliphatic carbocycles. The lowest BCUT2D eigenvalue weighted by Crippen LogP contribution is -2.19. The Morgan fingerprint density at radius 1 is 1.28 bits per heavy atom. The molecule has 0 amide bonds. The molecule has 2 N–H and O–H groups in total. The molecule has 2 rings (SSSR count). The zero-order chi connectivity index (χ0) is 12.8. The summed E-state index contributed by atoms with van der Waals surface area (Å²) in [6, 6.07) is 0. The summed E-state index contributed by atoms with van der Waals surface area (Å²) in [4.78, 5) is 0. The van der Waals surface area contributed by atoms with Crippen LogP contribution in [0.2, 0.25) is 0 Å². The smallest absolute Gasteiger partial charge is 0.0964 e. The van der Waals surface area contributed by atoms with E-state index in [2.05, 4.69) is 20.7 Å². The number of aliphatic hydroxyl groups excluding tert-OH is 1. The Bertz CT molecular complexity index is 477. The topological polar surface area (TPSA) is 80.8 Å². The minimum Gasteiger partial charge on any atom is -0.394 e. The van der Waals surface area contributed by atoms with Crippen LogP contribution >= 0.6 is 0 Å². The first-order valence-electron chi connectivity index (χ1n) is 5.97. The van der Waals surface area contributed by atoms with Gasteiger partial charge in [0.1, 0.15) is 0 Å². The molecule has 0 unspecified atom stereocenters. The molecule has 2 heterocycles. The van der Waals surface area contributed by atoms with E-state index in [1.165, 1.54) is 5.56 Å². The maximum absolute atomic E-state index is 8.76. The van der Waals surface area contributed by atoms with Crippen molar-refractivity contribution in [2.45, 2.75) is 26.6 Å². The summed E-state index contributed by atoms with van der Waals surface area (Å²) in [6.07, 6.45) is 5.70. The van der Waals surface area contributed by atoms with Crippen LogP contribution in [0, 0.1) is 6.92 Å². The number of nitrogens with zero attached hydrogens (tertiary/aromatic N) is 5. The normalized spacial score (nSPS) is 11.0. The molecule has 0 saturated heterocycles. The molecule has 0 bridgehead atoms. The van der Waals surface area contributed by atoms with E-state index in [0.717, 1.165) is 18.8 Å². The second-order valence-corrected chi connectivity index (χ2v) is 4.15. The summed E-state index contributed by atoms with van der Waals surface area (Å²) >= 11 is 0. The van der Waals surface area contributed by atoms with Gasteiger partial charge in [0.05, 0.1) is 31.6 Å². The molecule has 2 aromatic rings. The first-order chi connectivity index (χ1) is 8.78. The molecule has 0 aromatic carbocycles. The van der Waals surface area contributed by atoms with Crippen molar-refractivity contribution in [3.63, 3.8) is 0 Å². The van der Waals surface area contributed by atoms with Gasteiger partial charge in [0, 0.05) is 25.5 Å². The van der Waals surface area contributed by atoms with Crippen LogP contribution in [-0.4, -0.2) is 43.0 Å². The van der Waals surface area contributed by atoms with Crippen molar-refractivity contribution in [3.05, 3.63) is 29.8 Å². The molecule has 7 nitrogen and oxygen atoms in total. The van der Waals surface area contributed by atoms with E-state index >= 15 is 0 Å². The molecule has 98 valence electrons. The molecule has 0 aliphatic rings. The fourth-order valence-electron chi connectivity index (χ4n) is 1.63. The van der Waals surface area contributed by atoms with Gasteiger partial charge < -0.3 is 10.4 Å². The van der Waals surface area contributed by atoms with Gasteiger partial charge in [-0.15, -0.1) is 5.10 Å². The van der Waals surface area contributed by atoms with Crippen LogP contribution in [-0.2, 0) is 19.6 Å². The summed E-state index contributed by atoms with van der Waals surface area (Å²) in [5.74, 6) is 0. The third-order valence-corrected chi connectivity index (χ3v) is 2.50. The number of rotatable bonds is 7. The largest absolute Gasteiger partial charge is 0.394 e. The lowest BCUT2D eigenvalue weighted by Gasteiger charge is -2.02. The number of aromatic nitrogens is 5. The van der Waals surface area contributed by atoms with Crippen molar-refractivity contribution in [1.82, 2.24) is 30.1 Å². The van der Waals surface area contributed by atoms with E-state index in [0.29, 0.717) is 13.1 Å². The average molecular weight is 250 g/mol. The van der Waals surface area contributed by atoms with Crippen LogP contribution in [0.25, 0.3) is 0 Å². The van der Waals surface area contributed by atoms with E-state index in [1.54, 1.807) is 4.68 Å². The Hall–Kier alpha value is -1.73. The maximum atomic E-state index is 8.76. The van der Waals surface area contributed by atoms with E-state index in [-0.39, 0.29) is 6.61 Å². The molecule has 0 atom stereocenters. The first kappa shape index (κ1) is 12.7. The Labute approximate surface area is 105 Å². The quantitative estimate of drug-likeness (QED) is 0.651. The number of aliphatic hydroxyl groups is 1. The van der Waals surface area contributed by atoms with Gasteiger partial charge in [-0.2, -0.15) is 5.10 Å². The Balaban J connectivity index is 1.68. The van der Waals surface area contributed by atoms with Gasteiger partial charge in [-0.25, -0.2) is 4.68 Å². The van der Waals surface area contributed by atoms with Crippen LogP contribution < -0.4 is 5.32 Å². The standard InChI is InChI=1S/C11H18N6O/c1-10-6-13-16(8-10)3-2-12-7-11-9-17(4-5-18)15-14-11/h6,8-9,12,18H,2-5,7H2,1H3. The minimum absolute atomic E-state index is 0.0783. The van der Waals surface area contributed by atoms with Gasteiger partial charge in [-0.1, -0.05) is 5.21 Å². The number of hydrogen-bond donors (Lipinski definition) is 2. The molecular weight excluding hydrogens is 232 g/mol. The second kappa shape index (κ2) is 6.27. The minimum atomic E-state index is 0.0783. The molecule has 0 saturated carbocycles. The lowest BCUT2D eigenvalue weighted by atomic mass is 10.4. The monoisotopic (exact) mass is 250 g/mol. The highest BCUT2D eigenvalue weighted by Gasteiger charge is 2.00. The van der Waals surface area contributed by atoms with Gasteiger partial charge >= 0.3 is 0 Å². The SMILES string of the molecule is Cc1cnn(CCNCc2cn(CCO)nn2)c1. The predicted octanol–water partition coefficient (Wildman–Crippen LogP) is -0.435. The Kier molecular flexibility index (Phi) is 4.43. The van der Waals surface area contributed by atoms with Crippen molar-refractivity contribution >= 4 is 0 Å². The fraction of sp³-hybridized carbons (Fsp3) is 0.545. The highest BCUT2D eigenvalue weighted by Crippen LogP contribution is 1.94. The predicted molar refractivity (Wildman–Crippen MR) is 65.8 cm³/mol. The van der Waals surface area contributed by atoms with Crippen molar-refractivity contribution in [2.75, 3.05) is 13.2 Å². The molecular formula is C11H18N6O. The van der Waals surface area contributed by atoms with Crippen molar-refractivity contribution in [2.24, 2.45) is 0 Å². The summed E-state index contributed by atoms with van der Waals surface area (Å²) in [5.41, 5.74) is 2.04. The first-order valence-corrected chi connectivity index (χ1v) is 5.97. The van der Waals surface area contributed by atoms with Crippen molar-refractivity contribution < 1.29 is 5.11 Å². The summed E-state index contributed by atoms with van der Waals surface area (Å²) in [7, 11) is 0. The van der Waals surface area contributed by atoms with Crippen LogP contribution in [0.3, 0.4) is 0 Å². The van der Waals surface area contributed by atoms with E-state index in [1.807, 2.05) is 30.2 Å². The van der Waals surface area contributed by atoms with Gasteiger partial charge in [0.25, 0.3) is 0 Å². The molecule has 0 aliphatic heterocycles. The molecule has 0 fully saturated rings. The second-order valence-electron chi connectivity index (χ2n) is 4.15. The van der Waals surface area contributed by atoms with Crippen molar-refractivity contribution in [3.8, 4) is 0 Å². The van der Waals surface area contributed by atoms with Gasteiger partial charge in [-0.3, -0.25) is 4.68 Å². The van der Waals surface area contributed by atoms with Gasteiger partial charge in [0.15, 0.2) is 0 Å². The number of aryl methyl sites for hydroxylation is 1. The van der Waals surface area contributed by atoms with E-state index in [4.69, 9.17) is 5.11 Å². The average Bonchev–Trinajstić information content (AvgIpc) is 2.95. The summed E-state index contributed by atoms with van der Waals surface area (Å²) < 4.78 is 3.54. The summed E-state index contributed by atoms with van der Waals surface area (Å²) in [5, 5.41) is 24.1. The van der Waals surface area contributed by atoms with Gasteiger partial charge in [0.2, 0.25) is 0 Å². The highest BCUT2D eigenvalue weighted by molar-refractivity contribution is 4.99. The Morgan fingerprint density at radius 3 is 2.89 bits per heavy atom. The van der Waals surface area contributed by atoms with Crippen LogP contribution in [0.1, 0.15) is 11.3 Å².